The van der Waals surface area contributed by atoms with Crippen molar-refractivity contribution in [1.29, 1.82) is 0 Å². The van der Waals surface area contributed by atoms with Crippen LogP contribution in [0.5, 0.6) is 0 Å². The second-order valence-corrected chi connectivity index (χ2v) is 4.46. The maximum absolute atomic E-state index is 5.14. The van der Waals surface area contributed by atoms with Gasteiger partial charge in [-0.1, -0.05) is 22.9 Å². The van der Waals surface area contributed by atoms with Crippen molar-refractivity contribution >= 4 is 38.9 Å². The molecule has 0 unspecified atom stereocenters. The van der Waals surface area contributed by atoms with Gasteiger partial charge in [-0.2, -0.15) is 0 Å². The van der Waals surface area contributed by atoms with Crippen LogP contribution in [-0.4, -0.2) is 11.7 Å². The summed E-state index contributed by atoms with van der Waals surface area (Å²) in [6.45, 7) is 4.99. The molecule has 1 rings (SSSR count). The average molecular weight is 287 g/mol. The van der Waals surface area contributed by atoms with Gasteiger partial charge in [-0.15, -0.1) is 0 Å². The van der Waals surface area contributed by atoms with E-state index in [0.29, 0.717) is 5.11 Å². The van der Waals surface area contributed by atoms with E-state index in [-0.39, 0.29) is 0 Å². The Hall–Kier alpha value is -0.610. The molecule has 0 aliphatic rings. The first-order chi connectivity index (χ1) is 7.17. The number of nitrogens with one attached hydrogen (secondary N) is 2. The standard InChI is InChI=1S/C11H15BrN2S/c1-3-8-7-9(12)5-6-10(8)14-11(15)13-4-2/h5-7H,3-4H2,1-2H3,(H2,13,14,15). The molecular weight excluding hydrogens is 272 g/mol. The average Bonchev–Trinajstić information content (AvgIpc) is 2.21. The van der Waals surface area contributed by atoms with E-state index in [1.807, 2.05) is 19.1 Å². The molecule has 0 aromatic heterocycles. The number of halogens is 1. The highest BCUT2D eigenvalue weighted by molar-refractivity contribution is 9.10. The lowest BCUT2D eigenvalue weighted by atomic mass is 10.1. The van der Waals surface area contributed by atoms with E-state index in [4.69, 9.17) is 12.2 Å². The number of rotatable bonds is 3. The summed E-state index contributed by atoms with van der Waals surface area (Å²) in [5, 5.41) is 6.93. The SMILES string of the molecule is CCNC(=S)Nc1ccc(Br)cc1CC. The van der Waals surface area contributed by atoms with Gasteiger partial charge < -0.3 is 10.6 Å². The fourth-order valence-corrected chi connectivity index (χ4v) is 1.97. The number of anilines is 1. The van der Waals surface area contributed by atoms with Crippen molar-refractivity contribution in [3.63, 3.8) is 0 Å². The molecule has 0 aliphatic heterocycles. The molecule has 0 saturated carbocycles. The largest absolute Gasteiger partial charge is 0.363 e. The van der Waals surface area contributed by atoms with Crippen LogP contribution < -0.4 is 10.6 Å². The van der Waals surface area contributed by atoms with Crippen LogP contribution >= 0.6 is 28.1 Å². The van der Waals surface area contributed by atoms with Gasteiger partial charge in [0.25, 0.3) is 0 Å². The zero-order valence-corrected chi connectivity index (χ0v) is 11.3. The summed E-state index contributed by atoms with van der Waals surface area (Å²) in [6.07, 6.45) is 0.983. The molecule has 82 valence electrons. The smallest absolute Gasteiger partial charge is 0.170 e. The summed E-state index contributed by atoms with van der Waals surface area (Å²) in [6, 6.07) is 6.15. The Labute approximate surface area is 105 Å². The van der Waals surface area contributed by atoms with Crippen LogP contribution in [0.1, 0.15) is 19.4 Å². The van der Waals surface area contributed by atoms with Gasteiger partial charge in [-0.3, -0.25) is 0 Å². The van der Waals surface area contributed by atoms with Crippen molar-refractivity contribution in [3.8, 4) is 0 Å². The first kappa shape index (κ1) is 12.5. The van der Waals surface area contributed by atoms with Gasteiger partial charge in [0.15, 0.2) is 5.11 Å². The summed E-state index contributed by atoms with van der Waals surface area (Å²) >= 11 is 8.60. The lowest BCUT2D eigenvalue weighted by Crippen LogP contribution is -2.28. The van der Waals surface area contributed by atoms with E-state index < -0.39 is 0 Å². The van der Waals surface area contributed by atoms with Gasteiger partial charge in [-0.05, 0) is 49.3 Å². The third-order valence-corrected chi connectivity index (χ3v) is 2.77. The molecule has 0 fully saturated rings. The quantitative estimate of drug-likeness (QED) is 0.834. The molecular formula is C11H15BrN2S. The maximum atomic E-state index is 5.14. The Morgan fingerprint density at radius 2 is 2.13 bits per heavy atom. The predicted molar refractivity (Wildman–Crippen MR) is 73.4 cm³/mol. The van der Waals surface area contributed by atoms with Gasteiger partial charge in [0.05, 0.1) is 0 Å². The Morgan fingerprint density at radius 1 is 1.40 bits per heavy atom. The van der Waals surface area contributed by atoms with Crippen LogP contribution in [0.15, 0.2) is 22.7 Å². The molecule has 0 radical (unpaired) electrons. The molecule has 4 heteroatoms. The lowest BCUT2D eigenvalue weighted by molar-refractivity contribution is 0.978. The van der Waals surface area contributed by atoms with Gasteiger partial charge in [0, 0.05) is 16.7 Å². The van der Waals surface area contributed by atoms with Crippen LogP contribution in [-0.2, 0) is 6.42 Å². The maximum Gasteiger partial charge on any atom is 0.170 e. The third kappa shape index (κ3) is 3.80. The van der Waals surface area contributed by atoms with Crippen molar-refractivity contribution in [2.75, 3.05) is 11.9 Å². The van der Waals surface area contributed by atoms with Crippen LogP contribution in [0.2, 0.25) is 0 Å². The highest BCUT2D eigenvalue weighted by Gasteiger charge is 2.02. The molecule has 0 heterocycles. The van der Waals surface area contributed by atoms with Crippen molar-refractivity contribution in [2.24, 2.45) is 0 Å². The van der Waals surface area contributed by atoms with Gasteiger partial charge in [0.1, 0.15) is 0 Å². The molecule has 2 nitrogen and oxygen atoms in total. The van der Waals surface area contributed by atoms with E-state index in [0.717, 1.165) is 23.1 Å². The summed E-state index contributed by atoms with van der Waals surface area (Å²) in [4.78, 5) is 0. The van der Waals surface area contributed by atoms with Crippen LogP contribution in [0, 0.1) is 0 Å². The van der Waals surface area contributed by atoms with E-state index in [2.05, 4.69) is 39.6 Å². The highest BCUT2D eigenvalue weighted by Crippen LogP contribution is 2.21. The molecule has 15 heavy (non-hydrogen) atoms. The molecule has 0 saturated heterocycles. The number of hydrogen-bond acceptors (Lipinski definition) is 1. The minimum Gasteiger partial charge on any atom is -0.363 e. The summed E-state index contributed by atoms with van der Waals surface area (Å²) < 4.78 is 1.10. The number of hydrogen-bond donors (Lipinski definition) is 2. The van der Waals surface area contributed by atoms with E-state index in [1.165, 1.54) is 5.56 Å². The Balaban J connectivity index is 2.80. The molecule has 0 aliphatic carbocycles. The summed E-state index contributed by atoms with van der Waals surface area (Å²) in [7, 11) is 0. The van der Waals surface area contributed by atoms with Crippen molar-refractivity contribution in [1.82, 2.24) is 5.32 Å². The first-order valence-electron chi connectivity index (χ1n) is 5.00. The Morgan fingerprint density at radius 3 is 2.73 bits per heavy atom. The minimum absolute atomic E-state index is 0.675. The molecule has 0 spiro atoms. The van der Waals surface area contributed by atoms with Gasteiger partial charge in [-0.25, -0.2) is 0 Å². The Bertz CT molecular complexity index is 352. The van der Waals surface area contributed by atoms with Crippen LogP contribution in [0.25, 0.3) is 0 Å². The lowest BCUT2D eigenvalue weighted by Gasteiger charge is -2.12. The highest BCUT2D eigenvalue weighted by atomic mass is 79.9. The van der Waals surface area contributed by atoms with E-state index in [1.54, 1.807) is 0 Å². The number of aryl methyl sites for hydroxylation is 1. The second-order valence-electron chi connectivity index (χ2n) is 3.14. The van der Waals surface area contributed by atoms with Gasteiger partial charge in [0.2, 0.25) is 0 Å². The van der Waals surface area contributed by atoms with Crippen LogP contribution in [0.4, 0.5) is 5.69 Å². The normalized spacial score (nSPS) is 9.80. The zero-order valence-electron chi connectivity index (χ0n) is 8.93. The molecule has 0 amide bonds. The topological polar surface area (TPSA) is 24.1 Å². The fraction of sp³-hybridized carbons (Fsp3) is 0.364. The molecule has 1 aromatic rings. The number of thiocarbonyl (C=S) groups is 1. The van der Waals surface area contributed by atoms with E-state index in [9.17, 15) is 0 Å². The fourth-order valence-electron chi connectivity index (χ4n) is 1.30. The van der Waals surface area contributed by atoms with E-state index >= 15 is 0 Å². The van der Waals surface area contributed by atoms with Crippen LogP contribution in [0.3, 0.4) is 0 Å². The summed E-state index contributed by atoms with van der Waals surface area (Å²) in [5.74, 6) is 0. The zero-order chi connectivity index (χ0) is 11.3. The van der Waals surface area contributed by atoms with Crippen molar-refractivity contribution in [3.05, 3.63) is 28.2 Å². The minimum atomic E-state index is 0.675. The van der Waals surface area contributed by atoms with Crippen molar-refractivity contribution in [2.45, 2.75) is 20.3 Å². The molecule has 0 bridgehead atoms. The predicted octanol–water partition coefficient (Wildman–Crippen LogP) is 3.32. The second kappa shape index (κ2) is 6.08. The Kier molecular flexibility index (Phi) is 5.05. The molecule has 2 N–H and O–H groups in total. The monoisotopic (exact) mass is 286 g/mol. The molecule has 1 aromatic carbocycles. The molecule has 0 atom stereocenters. The number of benzene rings is 1. The first-order valence-corrected chi connectivity index (χ1v) is 6.20. The van der Waals surface area contributed by atoms with Crippen molar-refractivity contribution < 1.29 is 0 Å². The summed E-state index contributed by atoms with van der Waals surface area (Å²) in [5.41, 5.74) is 2.33. The third-order valence-electron chi connectivity index (χ3n) is 2.03. The van der Waals surface area contributed by atoms with Gasteiger partial charge >= 0.3 is 0 Å².